The maximum absolute atomic E-state index is 4.83. The van der Waals surface area contributed by atoms with E-state index < -0.39 is 15.8 Å². The summed E-state index contributed by atoms with van der Waals surface area (Å²) in [6.45, 7) is 8.75. The van der Waals surface area contributed by atoms with Gasteiger partial charge in [0.25, 0.3) is 0 Å². The van der Waals surface area contributed by atoms with Gasteiger partial charge in [0.15, 0.2) is 0 Å². The summed E-state index contributed by atoms with van der Waals surface area (Å²) < 4.78 is 0. The van der Waals surface area contributed by atoms with Crippen molar-refractivity contribution in [3.05, 3.63) is 201 Å². The molecule has 0 aromatic heterocycles. The molecule has 0 nitrogen and oxygen atoms in total. The molecule has 0 aliphatic carbocycles. The van der Waals surface area contributed by atoms with Crippen molar-refractivity contribution in [1.82, 2.24) is 0 Å². The first-order valence-corrected chi connectivity index (χ1v) is 21.2. The molecule has 0 N–H and O–H groups in total. The number of hydrogen-bond donors (Lipinski definition) is 0. The minimum absolute atomic E-state index is 0.226. The standard InChI is InChI=1S/2C18H15P.C4H7.2ClH.Rh/c2*1-4-10-16(11-5-1)19(17-12-6-2-7-13-17)18-14-8-3-9-15-18;1-4(2)3;;;/h2*1-15H;1-2H2,3H3;2*1H;/q;;;;;+2/p-2. The molecule has 0 aliphatic rings. The number of hydrogen-bond acceptors (Lipinski definition) is 0. The van der Waals surface area contributed by atoms with E-state index in [0.717, 1.165) is 5.57 Å². The second-order valence-corrected chi connectivity index (χ2v) is 16.6. The largest absolute Gasteiger partial charge is 0.0622 e. The summed E-state index contributed by atoms with van der Waals surface area (Å²) in [5, 5.41) is 8.39. The van der Waals surface area contributed by atoms with E-state index in [1.165, 1.54) is 31.8 Å². The Balaban J connectivity index is 0.000000204. The van der Waals surface area contributed by atoms with Crippen LogP contribution in [0, 0.1) is 6.92 Å². The van der Waals surface area contributed by atoms with Gasteiger partial charge in [-0.2, -0.15) is 0 Å². The van der Waals surface area contributed by atoms with Gasteiger partial charge in [-0.25, -0.2) is 0 Å². The van der Waals surface area contributed by atoms with Gasteiger partial charge in [0.2, 0.25) is 0 Å². The van der Waals surface area contributed by atoms with Crippen molar-refractivity contribution in [3.63, 3.8) is 0 Å². The molecule has 6 aromatic rings. The molecule has 6 rings (SSSR count). The van der Waals surface area contributed by atoms with Gasteiger partial charge < -0.3 is 0 Å². The third-order valence-corrected chi connectivity index (χ3v) is 11.0. The molecule has 0 bridgehead atoms. The zero-order valence-electron chi connectivity index (χ0n) is 25.2. The second-order valence-electron chi connectivity index (χ2n) is 9.69. The molecule has 0 saturated heterocycles. The van der Waals surface area contributed by atoms with Crippen molar-refractivity contribution in [2.45, 2.75) is 6.92 Å². The summed E-state index contributed by atoms with van der Waals surface area (Å²) in [5.41, 5.74) is 0.917. The minimum atomic E-state index is -0.446. The van der Waals surface area contributed by atoms with Crippen LogP contribution in [0.2, 0.25) is 0 Å². The first kappa shape index (κ1) is 36.6. The van der Waals surface area contributed by atoms with Crippen molar-refractivity contribution < 1.29 is 15.1 Å². The summed E-state index contributed by atoms with van der Waals surface area (Å²) in [7, 11) is 8.78. The maximum Gasteiger partial charge on any atom is -0.0134 e. The van der Waals surface area contributed by atoms with E-state index in [4.69, 9.17) is 19.4 Å². The first-order valence-electron chi connectivity index (χ1n) is 14.3. The zero-order chi connectivity index (χ0) is 32.1. The topological polar surface area (TPSA) is 0 Å². The molecule has 0 atom stereocenters. The Bertz CT molecular complexity index is 1290. The smallest absolute Gasteiger partial charge is 0.0134 e. The number of benzene rings is 6. The second kappa shape index (κ2) is 21.8. The third-order valence-electron chi connectivity index (χ3n) is 6.09. The molecule has 0 amide bonds. The normalized spacial score (nSPS) is 10.0. The van der Waals surface area contributed by atoms with E-state index in [1.54, 1.807) is 0 Å². The van der Waals surface area contributed by atoms with Crippen molar-refractivity contribution in [1.29, 1.82) is 0 Å². The fourth-order valence-electron chi connectivity index (χ4n) is 4.36. The van der Waals surface area contributed by atoms with Crippen LogP contribution in [0.1, 0.15) is 6.92 Å². The van der Waals surface area contributed by atoms with Gasteiger partial charge in [-0.15, -0.1) is 6.58 Å². The molecule has 0 spiro atoms. The van der Waals surface area contributed by atoms with Gasteiger partial charge in [-0.3, -0.25) is 0 Å². The van der Waals surface area contributed by atoms with Crippen LogP contribution in [-0.2, 0) is 15.1 Å². The minimum Gasteiger partial charge on any atom is -0.0622 e. The van der Waals surface area contributed by atoms with E-state index in [1.807, 2.05) is 6.92 Å². The van der Waals surface area contributed by atoms with Crippen LogP contribution in [0.3, 0.4) is 0 Å². The Kier molecular flexibility index (Phi) is 17.7. The zero-order valence-corrected chi connectivity index (χ0v) is 30.2. The van der Waals surface area contributed by atoms with Gasteiger partial charge in [0.1, 0.15) is 0 Å². The van der Waals surface area contributed by atoms with E-state index >= 15 is 0 Å². The van der Waals surface area contributed by atoms with Crippen LogP contribution in [0.4, 0.5) is 0 Å². The Labute approximate surface area is 288 Å². The van der Waals surface area contributed by atoms with Crippen LogP contribution in [0.25, 0.3) is 0 Å². The molecule has 0 aliphatic heterocycles. The molecule has 6 aromatic carbocycles. The molecule has 0 heterocycles. The monoisotopic (exact) mass is 752 g/mol. The fraction of sp³-hybridized carbons (Fsp3) is 0.0250. The van der Waals surface area contributed by atoms with Gasteiger partial charge >= 0.3 is 34.5 Å². The number of allylic oxidation sites excluding steroid dienone is 1. The maximum atomic E-state index is 4.83. The predicted octanol–water partition coefficient (Wildman–Crippen LogP) is 9.66. The van der Waals surface area contributed by atoms with E-state index in [0.29, 0.717) is 0 Å². The average molecular weight is 753 g/mol. The SMILES string of the molecule is [CH2]C(=C)C.[Cl][Rh][Cl].c1ccc(P(c2ccccc2)c2ccccc2)cc1.c1ccc(P(c2ccccc2)c2ccccc2)cc1. The van der Waals surface area contributed by atoms with Crippen molar-refractivity contribution in [3.8, 4) is 0 Å². The van der Waals surface area contributed by atoms with Crippen molar-refractivity contribution in [2.24, 2.45) is 0 Å². The molecule has 0 fully saturated rings. The fourth-order valence-corrected chi connectivity index (χ4v) is 8.97. The van der Waals surface area contributed by atoms with Gasteiger partial charge in [0.05, 0.1) is 0 Å². The van der Waals surface area contributed by atoms with E-state index in [-0.39, 0.29) is 15.1 Å². The summed E-state index contributed by atoms with van der Waals surface area (Å²) in [6.07, 6.45) is 0. The summed E-state index contributed by atoms with van der Waals surface area (Å²) in [5.74, 6) is 0. The van der Waals surface area contributed by atoms with Crippen LogP contribution >= 0.6 is 35.2 Å². The quantitative estimate of drug-likeness (QED) is 0.118. The third kappa shape index (κ3) is 13.2. The van der Waals surface area contributed by atoms with Crippen molar-refractivity contribution in [2.75, 3.05) is 0 Å². The Morgan fingerprint density at radius 2 is 0.511 bits per heavy atom. The molecule has 5 heteroatoms. The van der Waals surface area contributed by atoms with Crippen LogP contribution < -0.4 is 31.8 Å². The molecule has 0 saturated carbocycles. The molecule has 45 heavy (non-hydrogen) atoms. The Morgan fingerprint density at radius 3 is 0.622 bits per heavy atom. The number of rotatable bonds is 6. The average Bonchev–Trinajstić information content (AvgIpc) is 3.09. The summed E-state index contributed by atoms with van der Waals surface area (Å²) in [6, 6.07) is 64.7. The molecular weight excluding hydrogens is 716 g/mol. The summed E-state index contributed by atoms with van der Waals surface area (Å²) in [4.78, 5) is 0. The predicted molar refractivity (Wildman–Crippen MR) is 202 cm³/mol. The van der Waals surface area contributed by atoms with Crippen LogP contribution in [0.5, 0.6) is 0 Å². The molecular formula is C40H37Cl2P2Rh. The Hall–Kier alpha value is -2.88. The van der Waals surface area contributed by atoms with Crippen LogP contribution in [0.15, 0.2) is 194 Å². The first-order chi connectivity index (χ1) is 22.0. The van der Waals surface area contributed by atoms with Crippen LogP contribution in [-0.4, -0.2) is 0 Å². The van der Waals surface area contributed by atoms with E-state index in [9.17, 15) is 0 Å². The van der Waals surface area contributed by atoms with Gasteiger partial charge in [-0.05, 0) is 61.5 Å². The Morgan fingerprint density at radius 1 is 0.400 bits per heavy atom. The van der Waals surface area contributed by atoms with Crippen molar-refractivity contribution >= 4 is 67.1 Å². The number of halogens is 2. The van der Waals surface area contributed by atoms with E-state index in [2.05, 4.69) is 195 Å². The molecule has 1 radical (unpaired) electrons. The summed E-state index contributed by atoms with van der Waals surface area (Å²) >= 11 is -0.226. The van der Waals surface area contributed by atoms with Gasteiger partial charge in [0, 0.05) is 0 Å². The van der Waals surface area contributed by atoms with Gasteiger partial charge in [-0.1, -0.05) is 188 Å². The molecule has 0 unspecified atom stereocenters. The molecule has 230 valence electrons.